The van der Waals surface area contributed by atoms with E-state index in [0.29, 0.717) is 19.1 Å². The fourth-order valence-corrected chi connectivity index (χ4v) is 2.99. The van der Waals surface area contributed by atoms with Crippen molar-refractivity contribution >= 4 is 11.6 Å². The van der Waals surface area contributed by atoms with Crippen molar-refractivity contribution in [1.29, 1.82) is 0 Å². The summed E-state index contributed by atoms with van der Waals surface area (Å²) in [6.07, 6.45) is 0.900. The summed E-state index contributed by atoms with van der Waals surface area (Å²) in [6.45, 7) is 7.58. The predicted octanol–water partition coefficient (Wildman–Crippen LogP) is 2.96. The number of amides is 1. The summed E-state index contributed by atoms with van der Waals surface area (Å²) in [7, 11) is 1.66. The monoisotopic (exact) mass is 276 g/mol. The van der Waals surface area contributed by atoms with Crippen LogP contribution in [0, 0.1) is 5.92 Å². The number of para-hydroxylation sites is 1. The molecule has 1 aromatic rings. The molecule has 0 aliphatic carbocycles. The van der Waals surface area contributed by atoms with Gasteiger partial charge in [-0.25, -0.2) is 0 Å². The van der Waals surface area contributed by atoms with Gasteiger partial charge in [-0.1, -0.05) is 26.0 Å². The van der Waals surface area contributed by atoms with Gasteiger partial charge in [0.15, 0.2) is 0 Å². The zero-order valence-electron chi connectivity index (χ0n) is 12.8. The van der Waals surface area contributed by atoms with Crippen molar-refractivity contribution in [2.24, 2.45) is 5.92 Å². The highest BCUT2D eigenvalue weighted by Gasteiger charge is 2.40. The summed E-state index contributed by atoms with van der Waals surface area (Å²) >= 11 is 0. The van der Waals surface area contributed by atoms with Crippen LogP contribution in [0.2, 0.25) is 0 Å². The minimum atomic E-state index is -0.363. The van der Waals surface area contributed by atoms with Gasteiger partial charge in [-0.05, 0) is 31.4 Å². The van der Waals surface area contributed by atoms with Crippen LogP contribution in [0.1, 0.15) is 37.6 Å². The van der Waals surface area contributed by atoms with Gasteiger partial charge < -0.3 is 15.0 Å². The van der Waals surface area contributed by atoms with Crippen LogP contribution in [0.4, 0.5) is 5.69 Å². The highest BCUT2D eigenvalue weighted by Crippen LogP contribution is 2.34. The van der Waals surface area contributed by atoms with Crippen molar-refractivity contribution in [2.45, 2.75) is 32.9 Å². The number of hydrogen-bond acceptors (Lipinski definition) is 3. The molecule has 1 heterocycles. The summed E-state index contributed by atoms with van der Waals surface area (Å²) in [5.74, 6) is 0.579. The molecular weight excluding hydrogens is 252 g/mol. The van der Waals surface area contributed by atoms with E-state index in [2.05, 4.69) is 26.1 Å². The molecule has 1 aromatic carbocycles. The molecular formula is C16H24N2O2. The molecule has 4 heteroatoms. The number of ether oxygens (including phenoxy) is 1. The van der Waals surface area contributed by atoms with Crippen molar-refractivity contribution in [2.75, 3.05) is 25.6 Å². The molecule has 110 valence electrons. The van der Waals surface area contributed by atoms with E-state index in [-0.39, 0.29) is 11.6 Å². The molecule has 1 unspecified atom stereocenters. The Labute approximate surface area is 121 Å². The topological polar surface area (TPSA) is 41.6 Å². The Morgan fingerprint density at radius 1 is 1.35 bits per heavy atom. The first-order valence-corrected chi connectivity index (χ1v) is 7.16. The van der Waals surface area contributed by atoms with E-state index in [9.17, 15) is 4.79 Å². The molecule has 2 rings (SSSR count). The Morgan fingerprint density at radius 3 is 2.70 bits per heavy atom. The first kappa shape index (κ1) is 14.9. The molecule has 0 radical (unpaired) electrons. The Bertz CT molecular complexity index is 487. The molecule has 1 aliphatic heterocycles. The second-order valence-electron chi connectivity index (χ2n) is 5.99. The summed E-state index contributed by atoms with van der Waals surface area (Å²) in [4.78, 5) is 14.7. The van der Waals surface area contributed by atoms with Crippen molar-refractivity contribution in [3.8, 4) is 0 Å². The highest BCUT2D eigenvalue weighted by molar-refractivity contribution is 6.02. The van der Waals surface area contributed by atoms with Gasteiger partial charge in [0.2, 0.25) is 0 Å². The summed E-state index contributed by atoms with van der Waals surface area (Å²) in [5.41, 5.74) is 1.30. The zero-order valence-corrected chi connectivity index (χ0v) is 12.8. The standard InChI is InChI=1S/C16H24N2O2/c1-12(2)11-16(3)17-14-8-6-5-7-13(14)15(19)18(16)9-10-20-4/h5-8,12,17H,9-11H2,1-4H3. The van der Waals surface area contributed by atoms with E-state index in [1.165, 1.54) is 0 Å². The molecule has 1 atom stereocenters. The van der Waals surface area contributed by atoms with Gasteiger partial charge in [0, 0.05) is 19.3 Å². The summed E-state index contributed by atoms with van der Waals surface area (Å²) in [6, 6.07) is 7.70. The molecule has 0 spiro atoms. The number of fused-ring (bicyclic) bond motifs is 1. The van der Waals surface area contributed by atoms with E-state index in [1.807, 2.05) is 29.2 Å². The third-order valence-corrected chi connectivity index (χ3v) is 3.73. The van der Waals surface area contributed by atoms with Crippen LogP contribution >= 0.6 is 0 Å². The number of anilines is 1. The van der Waals surface area contributed by atoms with E-state index in [0.717, 1.165) is 17.7 Å². The van der Waals surface area contributed by atoms with Crippen molar-refractivity contribution in [3.63, 3.8) is 0 Å². The SMILES string of the molecule is COCCN1C(=O)c2ccccc2NC1(C)CC(C)C. The summed E-state index contributed by atoms with van der Waals surface area (Å²) < 4.78 is 5.16. The molecule has 0 fully saturated rings. The third kappa shape index (κ3) is 2.80. The van der Waals surface area contributed by atoms with E-state index < -0.39 is 0 Å². The Kier molecular flexibility index (Phi) is 4.33. The molecule has 1 aliphatic rings. The normalized spacial score (nSPS) is 21.9. The van der Waals surface area contributed by atoms with Gasteiger partial charge >= 0.3 is 0 Å². The lowest BCUT2D eigenvalue weighted by atomic mass is 9.92. The smallest absolute Gasteiger partial charge is 0.257 e. The average molecular weight is 276 g/mol. The summed E-state index contributed by atoms with van der Waals surface area (Å²) in [5, 5.41) is 3.54. The molecule has 4 nitrogen and oxygen atoms in total. The van der Waals surface area contributed by atoms with Crippen molar-refractivity contribution in [3.05, 3.63) is 29.8 Å². The second-order valence-corrected chi connectivity index (χ2v) is 5.99. The quantitative estimate of drug-likeness (QED) is 0.899. The second kappa shape index (κ2) is 5.83. The molecule has 20 heavy (non-hydrogen) atoms. The van der Waals surface area contributed by atoms with Crippen LogP contribution in [-0.4, -0.2) is 36.7 Å². The first-order valence-electron chi connectivity index (χ1n) is 7.16. The number of benzene rings is 1. The molecule has 0 aromatic heterocycles. The minimum absolute atomic E-state index is 0.0829. The predicted molar refractivity (Wildman–Crippen MR) is 80.8 cm³/mol. The first-order chi connectivity index (χ1) is 9.48. The van der Waals surface area contributed by atoms with E-state index in [4.69, 9.17) is 4.74 Å². The Hall–Kier alpha value is -1.55. The van der Waals surface area contributed by atoms with Gasteiger partial charge in [0.1, 0.15) is 5.66 Å². The van der Waals surface area contributed by atoms with Crippen LogP contribution in [0.3, 0.4) is 0 Å². The fourth-order valence-electron chi connectivity index (χ4n) is 2.99. The maximum absolute atomic E-state index is 12.8. The molecule has 1 N–H and O–H groups in total. The maximum atomic E-state index is 12.8. The lowest BCUT2D eigenvalue weighted by Gasteiger charge is -2.47. The third-order valence-electron chi connectivity index (χ3n) is 3.73. The van der Waals surface area contributed by atoms with Gasteiger partial charge in [0.25, 0.3) is 5.91 Å². The Morgan fingerprint density at radius 2 is 2.05 bits per heavy atom. The van der Waals surface area contributed by atoms with Gasteiger partial charge in [-0.15, -0.1) is 0 Å². The van der Waals surface area contributed by atoms with Crippen LogP contribution in [0.5, 0.6) is 0 Å². The molecule has 0 saturated heterocycles. The average Bonchev–Trinajstić information content (AvgIpc) is 2.37. The zero-order chi connectivity index (χ0) is 14.8. The number of hydrogen-bond donors (Lipinski definition) is 1. The lowest BCUT2D eigenvalue weighted by molar-refractivity contribution is 0.0397. The van der Waals surface area contributed by atoms with Gasteiger partial charge in [-0.2, -0.15) is 0 Å². The van der Waals surface area contributed by atoms with Gasteiger partial charge in [0.05, 0.1) is 12.2 Å². The number of rotatable bonds is 5. The number of nitrogens with zero attached hydrogens (tertiary/aromatic N) is 1. The van der Waals surface area contributed by atoms with Crippen LogP contribution in [-0.2, 0) is 4.74 Å². The van der Waals surface area contributed by atoms with E-state index in [1.54, 1.807) is 7.11 Å². The van der Waals surface area contributed by atoms with Crippen LogP contribution in [0.15, 0.2) is 24.3 Å². The van der Waals surface area contributed by atoms with E-state index >= 15 is 0 Å². The maximum Gasteiger partial charge on any atom is 0.257 e. The van der Waals surface area contributed by atoms with Crippen molar-refractivity contribution in [1.82, 2.24) is 4.90 Å². The lowest BCUT2D eigenvalue weighted by Crippen LogP contribution is -2.59. The Balaban J connectivity index is 2.36. The van der Waals surface area contributed by atoms with Crippen LogP contribution in [0.25, 0.3) is 0 Å². The highest BCUT2D eigenvalue weighted by atomic mass is 16.5. The molecule has 0 bridgehead atoms. The number of nitrogens with one attached hydrogen (secondary N) is 1. The number of carbonyl (C=O) groups excluding carboxylic acids is 1. The number of methoxy groups -OCH3 is 1. The fraction of sp³-hybridized carbons (Fsp3) is 0.562. The van der Waals surface area contributed by atoms with Crippen LogP contribution < -0.4 is 5.32 Å². The van der Waals surface area contributed by atoms with Gasteiger partial charge in [-0.3, -0.25) is 4.79 Å². The largest absolute Gasteiger partial charge is 0.383 e. The molecule has 0 saturated carbocycles. The number of carbonyl (C=O) groups is 1. The van der Waals surface area contributed by atoms with Crippen molar-refractivity contribution < 1.29 is 9.53 Å². The molecule has 1 amide bonds. The minimum Gasteiger partial charge on any atom is -0.383 e.